The molecule has 1 unspecified atom stereocenters. The Balaban J connectivity index is 1.78. The van der Waals surface area contributed by atoms with E-state index in [4.69, 9.17) is 0 Å². The Hall–Kier alpha value is -0.710. The van der Waals surface area contributed by atoms with Crippen molar-refractivity contribution in [3.05, 3.63) is 0 Å². The Labute approximate surface area is 100 Å². The van der Waals surface area contributed by atoms with Gasteiger partial charge in [-0.05, 0) is 31.6 Å². The summed E-state index contributed by atoms with van der Waals surface area (Å²) in [7, 11) is 0. The van der Waals surface area contributed by atoms with Crippen molar-refractivity contribution >= 4 is 5.91 Å². The first-order chi connectivity index (χ1) is 7.96. The molecule has 1 aliphatic carbocycles. The summed E-state index contributed by atoms with van der Waals surface area (Å²) >= 11 is 0. The van der Waals surface area contributed by atoms with Crippen LogP contribution in [0.4, 0.5) is 8.78 Å². The summed E-state index contributed by atoms with van der Waals surface area (Å²) in [6.45, 7) is 1.82. The number of hydrogen-bond acceptors (Lipinski definition) is 2. The van der Waals surface area contributed by atoms with Gasteiger partial charge < -0.3 is 5.32 Å². The van der Waals surface area contributed by atoms with Crippen LogP contribution in [0.5, 0.6) is 0 Å². The van der Waals surface area contributed by atoms with E-state index in [1.165, 1.54) is 0 Å². The molecule has 1 aliphatic heterocycles. The van der Waals surface area contributed by atoms with Crippen molar-refractivity contribution < 1.29 is 13.6 Å². The maximum atomic E-state index is 12.9. The zero-order valence-electron chi connectivity index (χ0n) is 10.1. The van der Waals surface area contributed by atoms with Gasteiger partial charge in [0.2, 0.25) is 5.91 Å². The summed E-state index contributed by atoms with van der Waals surface area (Å²) < 4.78 is 25.9. The lowest BCUT2D eigenvalue weighted by Crippen LogP contribution is -2.46. The van der Waals surface area contributed by atoms with Crippen LogP contribution in [0.1, 0.15) is 39.0 Å². The van der Waals surface area contributed by atoms with E-state index in [1.54, 1.807) is 0 Å². The Morgan fingerprint density at radius 2 is 1.94 bits per heavy atom. The molecule has 0 radical (unpaired) electrons. The van der Waals surface area contributed by atoms with Crippen molar-refractivity contribution in [3.63, 3.8) is 0 Å². The molecular weight excluding hydrogens is 226 g/mol. The van der Waals surface area contributed by atoms with E-state index in [2.05, 4.69) is 17.6 Å². The average molecular weight is 246 g/mol. The van der Waals surface area contributed by atoms with Gasteiger partial charge in [0.1, 0.15) is 0 Å². The summed E-state index contributed by atoms with van der Waals surface area (Å²) in [5.74, 6) is -2.28. The highest BCUT2D eigenvalue weighted by atomic mass is 19.3. The van der Waals surface area contributed by atoms with Crippen LogP contribution in [-0.2, 0) is 4.79 Å². The van der Waals surface area contributed by atoms with E-state index >= 15 is 0 Å². The van der Waals surface area contributed by atoms with Crippen molar-refractivity contribution in [1.82, 2.24) is 10.6 Å². The maximum Gasteiger partial charge on any atom is 0.262 e. The molecule has 1 amide bonds. The topological polar surface area (TPSA) is 41.1 Å². The minimum atomic E-state index is -2.73. The van der Waals surface area contributed by atoms with Crippen molar-refractivity contribution in [3.8, 4) is 0 Å². The summed E-state index contributed by atoms with van der Waals surface area (Å²) in [5.41, 5.74) is 0. The average Bonchev–Trinajstić information content (AvgIpc) is 2.62. The smallest absolute Gasteiger partial charge is 0.262 e. The lowest BCUT2D eigenvalue weighted by atomic mass is 9.87. The highest BCUT2D eigenvalue weighted by Gasteiger charge is 2.42. The zero-order chi connectivity index (χ0) is 12.5. The third-order valence-corrected chi connectivity index (χ3v) is 3.79. The quantitative estimate of drug-likeness (QED) is 0.778. The molecule has 1 heterocycles. The van der Waals surface area contributed by atoms with Gasteiger partial charge in [-0.15, -0.1) is 0 Å². The van der Waals surface area contributed by atoms with E-state index in [9.17, 15) is 13.6 Å². The van der Waals surface area contributed by atoms with Gasteiger partial charge in [0.25, 0.3) is 5.92 Å². The Morgan fingerprint density at radius 1 is 1.29 bits per heavy atom. The van der Waals surface area contributed by atoms with Gasteiger partial charge in [-0.3, -0.25) is 10.1 Å². The van der Waals surface area contributed by atoms with Crippen LogP contribution in [0.3, 0.4) is 0 Å². The lowest BCUT2D eigenvalue weighted by Gasteiger charge is -2.27. The van der Waals surface area contributed by atoms with Crippen LogP contribution in [0.25, 0.3) is 0 Å². The minimum absolute atomic E-state index is 0.176. The van der Waals surface area contributed by atoms with Crippen molar-refractivity contribution in [2.24, 2.45) is 5.92 Å². The highest BCUT2D eigenvalue weighted by Crippen LogP contribution is 2.26. The second-order valence-electron chi connectivity index (χ2n) is 5.46. The molecule has 2 aliphatic rings. The number of carbonyl (C=O) groups is 1. The van der Waals surface area contributed by atoms with E-state index < -0.39 is 12.0 Å². The van der Waals surface area contributed by atoms with E-state index in [-0.39, 0.29) is 24.9 Å². The molecule has 0 spiro atoms. The molecule has 5 heteroatoms. The Kier molecular flexibility index (Phi) is 3.66. The normalized spacial score (nSPS) is 36.8. The Morgan fingerprint density at radius 3 is 2.47 bits per heavy atom. The third-order valence-electron chi connectivity index (χ3n) is 3.79. The van der Waals surface area contributed by atoms with Crippen LogP contribution >= 0.6 is 0 Å². The number of rotatable bonds is 2. The first kappa shape index (κ1) is 12.7. The van der Waals surface area contributed by atoms with E-state index in [0.29, 0.717) is 0 Å². The molecule has 1 atom stereocenters. The molecule has 0 aromatic carbocycles. The van der Waals surface area contributed by atoms with Gasteiger partial charge >= 0.3 is 0 Å². The van der Waals surface area contributed by atoms with Crippen LogP contribution < -0.4 is 10.6 Å². The molecule has 1 saturated carbocycles. The monoisotopic (exact) mass is 246 g/mol. The van der Waals surface area contributed by atoms with Crippen LogP contribution in [-0.4, -0.2) is 30.5 Å². The third kappa shape index (κ3) is 3.37. The summed E-state index contributed by atoms with van der Waals surface area (Å²) in [4.78, 5) is 11.8. The molecule has 3 nitrogen and oxygen atoms in total. The fraction of sp³-hybridized carbons (Fsp3) is 0.917. The van der Waals surface area contributed by atoms with Gasteiger partial charge in [0, 0.05) is 12.5 Å². The van der Waals surface area contributed by atoms with Gasteiger partial charge in [-0.1, -0.05) is 6.92 Å². The second-order valence-corrected chi connectivity index (χ2v) is 5.46. The molecule has 2 rings (SSSR count). The fourth-order valence-electron chi connectivity index (χ4n) is 2.61. The molecule has 2 N–H and O–H groups in total. The van der Waals surface area contributed by atoms with Crippen molar-refractivity contribution in [2.75, 3.05) is 6.54 Å². The highest BCUT2D eigenvalue weighted by molar-refractivity contribution is 5.82. The number of amides is 1. The summed E-state index contributed by atoms with van der Waals surface area (Å²) in [6, 6.07) is -0.543. The van der Waals surface area contributed by atoms with Gasteiger partial charge in [0.15, 0.2) is 0 Å². The molecule has 0 aromatic rings. The summed E-state index contributed by atoms with van der Waals surface area (Å²) in [5, 5.41) is 5.47. The van der Waals surface area contributed by atoms with Crippen LogP contribution in [0, 0.1) is 5.92 Å². The van der Waals surface area contributed by atoms with Crippen molar-refractivity contribution in [1.29, 1.82) is 0 Å². The number of alkyl halides is 2. The van der Waals surface area contributed by atoms with Gasteiger partial charge in [0.05, 0.1) is 12.6 Å². The number of hydrogen-bond donors (Lipinski definition) is 2. The lowest BCUT2D eigenvalue weighted by molar-refractivity contribution is -0.124. The predicted molar refractivity (Wildman–Crippen MR) is 60.9 cm³/mol. The zero-order valence-corrected chi connectivity index (χ0v) is 10.1. The molecule has 0 aromatic heterocycles. The number of halogens is 2. The Bertz CT molecular complexity index is 288. The number of nitrogens with one attached hydrogen (secondary N) is 2. The summed E-state index contributed by atoms with van der Waals surface area (Å²) in [6.07, 6.45) is 3.78. The molecule has 98 valence electrons. The van der Waals surface area contributed by atoms with Gasteiger partial charge in [-0.2, -0.15) is 0 Å². The standard InChI is InChI=1S/C12H20F2N2O/c1-8-2-4-9(5-3-8)16-11(17)10-6-12(13,14)7-15-10/h8-10,15H,2-7H2,1H3,(H,16,17). The fourth-order valence-corrected chi connectivity index (χ4v) is 2.61. The van der Waals surface area contributed by atoms with E-state index in [0.717, 1.165) is 31.6 Å². The largest absolute Gasteiger partial charge is 0.352 e. The molecule has 17 heavy (non-hydrogen) atoms. The SMILES string of the molecule is CC1CCC(NC(=O)C2CC(F)(F)CN2)CC1. The van der Waals surface area contributed by atoms with Crippen LogP contribution in [0.15, 0.2) is 0 Å². The molecule has 2 fully saturated rings. The predicted octanol–water partition coefficient (Wildman–Crippen LogP) is 1.68. The number of carbonyl (C=O) groups excluding carboxylic acids is 1. The molecule has 0 bridgehead atoms. The maximum absolute atomic E-state index is 12.9. The minimum Gasteiger partial charge on any atom is -0.352 e. The first-order valence-electron chi connectivity index (χ1n) is 6.38. The first-order valence-corrected chi connectivity index (χ1v) is 6.38. The molecular formula is C12H20F2N2O. The van der Waals surface area contributed by atoms with E-state index in [1.807, 2.05) is 0 Å². The van der Waals surface area contributed by atoms with Crippen molar-refractivity contribution in [2.45, 2.75) is 57.0 Å². The van der Waals surface area contributed by atoms with Crippen LogP contribution in [0.2, 0.25) is 0 Å². The molecule has 1 saturated heterocycles. The second kappa shape index (κ2) is 4.88. The van der Waals surface area contributed by atoms with Gasteiger partial charge in [-0.25, -0.2) is 8.78 Å².